The Balaban J connectivity index is 1.29. The second-order valence-corrected chi connectivity index (χ2v) is 14.7. The van der Waals surface area contributed by atoms with Gasteiger partial charge < -0.3 is 19.2 Å². The summed E-state index contributed by atoms with van der Waals surface area (Å²) in [6, 6.07) is 34.1. The maximum atomic E-state index is 16.9. The molecule has 2 bridgehead atoms. The van der Waals surface area contributed by atoms with Crippen LogP contribution in [-0.4, -0.2) is 47.7 Å². The van der Waals surface area contributed by atoms with Gasteiger partial charge in [-0.2, -0.15) is 4.39 Å². The monoisotopic (exact) mass is 751 g/mol. The van der Waals surface area contributed by atoms with E-state index < -0.39 is 17.3 Å². The number of nitrogens with zero attached hydrogens (tertiary/aromatic N) is 6. The summed E-state index contributed by atoms with van der Waals surface area (Å²) in [5.74, 6) is -0.653. The van der Waals surface area contributed by atoms with Crippen LogP contribution in [0.5, 0.6) is 0 Å². The molecule has 0 unspecified atom stereocenters. The summed E-state index contributed by atoms with van der Waals surface area (Å²) in [5, 5.41) is 3.64. The summed E-state index contributed by atoms with van der Waals surface area (Å²) in [6.45, 7) is 2.10. The Morgan fingerprint density at radius 1 is 0.836 bits per heavy atom. The molecule has 1 N–H and O–H groups in total. The lowest BCUT2D eigenvalue weighted by molar-refractivity contribution is -0.154. The largest absolute Gasteiger partial charge is 0.466 e. The van der Waals surface area contributed by atoms with Crippen LogP contribution in [0.25, 0.3) is 28.4 Å². The van der Waals surface area contributed by atoms with Gasteiger partial charge in [-0.15, -0.1) is 0 Å². The molecular weight excluding hydrogens is 713 g/mol. The molecule has 0 aliphatic heterocycles. The quantitative estimate of drug-likeness (QED) is 0.110. The van der Waals surface area contributed by atoms with Crippen LogP contribution in [0.1, 0.15) is 49.3 Å². The van der Waals surface area contributed by atoms with Gasteiger partial charge in [0.1, 0.15) is 16.2 Å². The topological polar surface area (TPSA) is 99.8 Å². The molecule has 3 aliphatic rings. The van der Waals surface area contributed by atoms with Crippen molar-refractivity contribution in [1.29, 1.82) is 0 Å². The minimum Gasteiger partial charge on any atom is -0.466 e. The molecule has 3 fully saturated rings. The predicted octanol–water partition coefficient (Wildman–Crippen LogP) is 9.09. The number of fused-ring (bicyclic) bond motifs is 4. The number of halogens is 2. The van der Waals surface area contributed by atoms with Crippen molar-refractivity contribution in [2.45, 2.75) is 44.2 Å². The van der Waals surface area contributed by atoms with E-state index in [0.717, 1.165) is 42.4 Å². The third kappa shape index (κ3) is 5.96. The lowest BCUT2D eigenvalue weighted by Gasteiger charge is -2.47. The van der Waals surface area contributed by atoms with E-state index in [4.69, 9.17) is 36.3 Å². The Kier molecular flexibility index (Phi) is 9.14. The first kappa shape index (κ1) is 34.9. The number of benzene rings is 3. The normalized spacial score (nSPS) is 19.4. The smallest absolute Gasteiger partial charge is 0.311 e. The highest BCUT2D eigenvalue weighted by atomic mass is 35.5. The number of aromatic nitrogens is 6. The van der Waals surface area contributed by atoms with Crippen LogP contribution in [0.3, 0.4) is 0 Å². The summed E-state index contributed by atoms with van der Waals surface area (Å²) in [7, 11) is 0. The van der Waals surface area contributed by atoms with Gasteiger partial charge in [0.2, 0.25) is 5.82 Å². The van der Waals surface area contributed by atoms with Gasteiger partial charge in [0.25, 0.3) is 0 Å². The highest BCUT2D eigenvalue weighted by molar-refractivity contribution is 6.29. The highest BCUT2D eigenvalue weighted by Gasteiger charge is 2.48. The Bertz CT molecular complexity index is 2350. The molecule has 3 aliphatic carbocycles. The standard InChI is InChI=1S/C44H39ClFN7O2/c1-2-55-43(54)35-28-20-22-29(23-21-28)37(35)49-40-36(46)41(52-24-12-13-25-52)51-39(50-40)33-27-53(42-38(33)48-34(45)26-47-42)44(30-14-6-3-7-15-30,31-16-8-4-9-17-31)32-18-10-5-11-19-32/h3-19,24-29,35,37H,2,20-23H2,1H3,(H,49,50,51)/t28?,29?,35-,37-/m1/s1. The molecule has 0 spiro atoms. The number of nitrogens with one attached hydrogen (secondary N) is 1. The van der Waals surface area contributed by atoms with Gasteiger partial charge in [0.05, 0.1) is 24.3 Å². The molecule has 0 radical (unpaired) electrons. The van der Waals surface area contributed by atoms with E-state index in [1.54, 1.807) is 17.0 Å². The van der Waals surface area contributed by atoms with Crippen LogP contribution in [0, 0.1) is 23.6 Å². The average molecular weight is 752 g/mol. The Morgan fingerprint density at radius 2 is 1.42 bits per heavy atom. The van der Waals surface area contributed by atoms with Gasteiger partial charge in [-0.25, -0.2) is 19.9 Å². The van der Waals surface area contributed by atoms with Gasteiger partial charge in [0.15, 0.2) is 23.1 Å². The van der Waals surface area contributed by atoms with Gasteiger partial charge in [-0.05, 0) is 73.3 Å². The lowest BCUT2D eigenvalue weighted by atomic mass is 9.61. The highest BCUT2D eigenvalue weighted by Crippen LogP contribution is 2.48. The predicted molar refractivity (Wildman–Crippen MR) is 210 cm³/mol. The number of rotatable bonds is 10. The number of hydrogen-bond acceptors (Lipinski definition) is 7. The molecule has 4 aromatic heterocycles. The molecular formula is C44H39ClFN7O2. The van der Waals surface area contributed by atoms with E-state index in [0.29, 0.717) is 16.7 Å². The Labute approximate surface area is 323 Å². The summed E-state index contributed by atoms with van der Waals surface area (Å²) >= 11 is 6.61. The van der Waals surface area contributed by atoms with Crippen molar-refractivity contribution in [2.75, 3.05) is 11.9 Å². The molecule has 0 saturated heterocycles. The van der Waals surface area contributed by atoms with Crippen molar-refractivity contribution in [3.63, 3.8) is 0 Å². The number of carbonyl (C=O) groups excluding carboxylic acids is 1. The summed E-state index contributed by atoms with van der Waals surface area (Å²) in [6.07, 6.45) is 10.8. The zero-order valence-corrected chi connectivity index (χ0v) is 31.0. The van der Waals surface area contributed by atoms with E-state index in [1.165, 1.54) is 6.20 Å². The van der Waals surface area contributed by atoms with Crippen LogP contribution in [0.4, 0.5) is 10.2 Å². The number of anilines is 1. The van der Waals surface area contributed by atoms with Gasteiger partial charge in [0, 0.05) is 24.6 Å². The van der Waals surface area contributed by atoms with Gasteiger partial charge in [-0.3, -0.25) is 4.79 Å². The maximum absolute atomic E-state index is 16.9. The molecule has 3 aromatic carbocycles. The third-order valence-electron chi connectivity index (χ3n) is 11.4. The first-order valence-electron chi connectivity index (χ1n) is 18.8. The van der Waals surface area contributed by atoms with E-state index in [9.17, 15) is 4.79 Å². The van der Waals surface area contributed by atoms with Crippen molar-refractivity contribution in [3.05, 3.63) is 156 Å². The van der Waals surface area contributed by atoms with E-state index in [2.05, 4.69) is 46.3 Å². The maximum Gasteiger partial charge on any atom is 0.311 e. The van der Waals surface area contributed by atoms with Crippen LogP contribution in [-0.2, 0) is 15.1 Å². The van der Waals surface area contributed by atoms with Crippen LogP contribution < -0.4 is 5.32 Å². The zero-order chi connectivity index (χ0) is 37.5. The summed E-state index contributed by atoms with van der Waals surface area (Å²) < 4.78 is 26.2. The van der Waals surface area contributed by atoms with Crippen molar-refractivity contribution in [2.24, 2.45) is 17.8 Å². The molecule has 9 nitrogen and oxygen atoms in total. The van der Waals surface area contributed by atoms with E-state index >= 15 is 4.39 Å². The number of esters is 1. The van der Waals surface area contributed by atoms with Crippen molar-refractivity contribution >= 4 is 34.6 Å². The van der Waals surface area contributed by atoms with Crippen LogP contribution in [0.2, 0.25) is 5.15 Å². The van der Waals surface area contributed by atoms with Gasteiger partial charge >= 0.3 is 5.97 Å². The second kappa shape index (κ2) is 14.4. The minimum atomic E-state index is -0.943. The molecule has 0 amide bonds. The molecule has 7 aromatic rings. The van der Waals surface area contributed by atoms with Crippen molar-refractivity contribution in [1.82, 2.24) is 29.1 Å². The van der Waals surface area contributed by atoms with Crippen molar-refractivity contribution in [3.8, 4) is 17.2 Å². The first-order valence-corrected chi connectivity index (χ1v) is 19.2. The Morgan fingerprint density at radius 3 is 2.00 bits per heavy atom. The van der Waals surface area contributed by atoms with Gasteiger partial charge in [-0.1, -0.05) is 103 Å². The molecule has 4 heterocycles. The summed E-state index contributed by atoms with van der Waals surface area (Å²) in [4.78, 5) is 33.0. The number of carbonyl (C=O) groups is 1. The zero-order valence-electron chi connectivity index (χ0n) is 30.2. The fourth-order valence-corrected chi connectivity index (χ4v) is 9.17. The van der Waals surface area contributed by atoms with Crippen LogP contribution in [0.15, 0.2) is 128 Å². The molecule has 55 heavy (non-hydrogen) atoms. The number of hydrogen-bond donors (Lipinski definition) is 1. The molecule has 2 atom stereocenters. The summed E-state index contributed by atoms with van der Waals surface area (Å²) in [5.41, 5.74) is 3.52. The SMILES string of the molecule is CCOC(=O)[C@@H]1C2CCC(CC2)[C@H]1Nc1nc(-c2cn(C(c3ccccc3)(c3ccccc3)c3ccccc3)c3ncc(Cl)nc23)nc(-n2cccc2)c1F. The molecule has 276 valence electrons. The number of ether oxygens (including phenoxy) is 1. The Hall–Kier alpha value is -5.87. The second-order valence-electron chi connectivity index (χ2n) is 14.3. The lowest BCUT2D eigenvalue weighted by Crippen LogP contribution is -2.52. The van der Waals surface area contributed by atoms with Crippen LogP contribution >= 0.6 is 11.6 Å². The third-order valence-corrected chi connectivity index (χ3v) is 11.6. The fourth-order valence-electron chi connectivity index (χ4n) is 9.04. The van der Waals surface area contributed by atoms with E-state index in [1.807, 2.05) is 79.9 Å². The minimum absolute atomic E-state index is 0.0110. The van der Waals surface area contributed by atoms with Crippen molar-refractivity contribution < 1.29 is 13.9 Å². The molecule has 11 heteroatoms. The molecule has 3 saturated carbocycles. The average Bonchev–Trinajstić information content (AvgIpc) is 3.90. The first-order chi connectivity index (χ1) is 27.0. The fraction of sp³-hybridized carbons (Fsp3) is 0.250. The van der Waals surface area contributed by atoms with E-state index in [-0.39, 0.29) is 53.1 Å². The molecule has 10 rings (SSSR count).